The fourth-order valence-electron chi connectivity index (χ4n) is 6.64. The number of hydrogen-bond acceptors (Lipinski definition) is 8. The number of nitrogens with zero attached hydrogens (tertiary/aromatic N) is 5. The number of nitriles is 1. The number of allylic oxidation sites excluding steroid dienone is 2. The van der Waals surface area contributed by atoms with Gasteiger partial charge in [-0.2, -0.15) is 18.4 Å². The minimum atomic E-state index is -4.18. The van der Waals surface area contributed by atoms with Gasteiger partial charge in [-0.15, -0.1) is 5.73 Å². The first-order valence-corrected chi connectivity index (χ1v) is 21.3. The molecule has 284 valence electrons. The Morgan fingerprint density at radius 1 is 1.25 bits per heavy atom. The molecular formula is C40H58F3N7OSi. The smallest absolute Gasteiger partial charge is 0.401 e. The number of hydrogen-bond donors (Lipinski definition) is 2. The van der Waals surface area contributed by atoms with Gasteiger partial charge in [0.25, 0.3) is 0 Å². The topological polar surface area (TPSA) is 89.3 Å². The van der Waals surface area contributed by atoms with Crippen molar-refractivity contribution in [1.82, 2.24) is 19.8 Å². The maximum absolute atomic E-state index is 13.0. The van der Waals surface area contributed by atoms with Crippen LogP contribution in [0, 0.1) is 23.2 Å². The van der Waals surface area contributed by atoms with E-state index in [1.54, 1.807) is 12.3 Å². The van der Waals surface area contributed by atoms with Crippen molar-refractivity contribution in [2.24, 2.45) is 11.8 Å². The Morgan fingerprint density at radius 3 is 2.54 bits per heavy atom. The molecule has 4 rings (SSSR count). The average molecular weight is 738 g/mol. The van der Waals surface area contributed by atoms with Crippen molar-refractivity contribution in [1.29, 1.82) is 5.26 Å². The summed E-state index contributed by atoms with van der Waals surface area (Å²) >= 11 is 0. The first-order chi connectivity index (χ1) is 24.2. The Balaban J connectivity index is 1.62. The van der Waals surface area contributed by atoms with Crippen LogP contribution in [-0.2, 0) is 9.84 Å². The maximum atomic E-state index is 13.0. The molecule has 52 heavy (non-hydrogen) atoms. The predicted molar refractivity (Wildman–Crippen MR) is 207 cm³/mol. The minimum absolute atomic E-state index is 0.0806. The van der Waals surface area contributed by atoms with E-state index < -0.39 is 21.0 Å². The van der Waals surface area contributed by atoms with E-state index in [-0.39, 0.29) is 16.4 Å². The molecule has 1 fully saturated rings. The summed E-state index contributed by atoms with van der Waals surface area (Å²) in [5.41, 5.74) is 8.39. The largest absolute Gasteiger partial charge is 0.416 e. The van der Waals surface area contributed by atoms with Crippen molar-refractivity contribution in [3.05, 3.63) is 65.3 Å². The van der Waals surface area contributed by atoms with Crippen LogP contribution in [0.25, 0.3) is 11.3 Å². The standard InChI is InChI=1S/C40H58F3N7OSi/c1-11-12-34(35(14-13-28(2)3)49(8)24-29-16-19-50(20-17-29)26-40(41,42)43)48-37-45-18-15-33(47-37)30-21-31(23-44)36-32(22-30)39(7,25-46-36)27-51-52(9,10)38(4,5)6/h12,15,18,21-22,28-29,46H,1,13-14,16-17,19-20,24-27H2,2-10H3,(H,45,47,48)/b35-34+/t39-/m1/s1. The Hall–Kier alpha value is -3.62. The van der Waals surface area contributed by atoms with Gasteiger partial charge in [-0.1, -0.05) is 48.1 Å². The first kappa shape index (κ1) is 41.1. The second-order valence-corrected chi connectivity index (χ2v) is 21.6. The molecule has 1 atom stereocenters. The second-order valence-electron chi connectivity index (χ2n) is 16.8. The molecule has 12 heteroatoms. The molecule has 1 aromatic carbocycles. The summed E-state index contributed by atoms with van der Waals surface area (Å²) in [5, 5.41) is 17.2. The van der Waals surface area contributed by atoms with Crippen LogP contribution in [0.1, 0.15) is 78.4 Å². The fraction of sp³-hybridized carbons (Fsp3) is 0.600. The lowest BCUT2D eigenvalue weighted by Gasteiger charge is -2.39. The Labute approximate surface area is 310 Å². The molecule has 0 bridgehead atoms. The summed E-state index contributed by atoms with van der Waals surface area (Å²) in [7, 11) is 0.0378. The van der Waals surface area contributed by atoms with Gasteiger partial charge < -0.3 is 20.0 Å². The normalized spacial score (nSPS) is 19.0. The maximum Gasteiger partial charge on any atom is 0.401 e. The van der Waals surface area contributed by atoms with E-state index in [1.807, 2.05) is 19.2 Å². The zero-order chi connectivity index (χ0) is 38.5. The van der Waals surface area contributed by atoms with Gasteiger partial charge in [-0.3, -0.25) is 4.90 Å². The summed E-state index contributed by atoms with van der Waals surface area (Å²) in [4.78, 5) is 13.2. The van der Waals surface area contributed by atoms with E-state index >= 15 is 0 Å². The van der Waals surface area contributed by atoms with Gasteiger partial charge in [0.2, 0.25) is 5.95 Å². The molecule has 2 aliphatic heterocycles. The Bertz CT molecular complexity index is 1680. The zero-order valence-corrected chi connectivity index (χ0v) is 33.6. The molecule has 0 aliphatic carbocycles. The van der Waals surface area contributed by atoms with Crippen molar-refractivity contribution in [2.75, 3.05) is 57.0 Å². The lowest BCUT2D eigenvalue weighted by atomic mass is 9.83. The van der Waals surface area contributed by atoms with Crippen molar-refractivity contribution < 1.29 is 17.6 Å². The SMILES string of the molecule is C=C=C/C(Nc1nccc(-c2cc(C#N)c3c(c2)[C@@](C)(CO[Si](C)(C)C(C)(C)C)CN3)n1)=C(/CCC(C)C)N(C)CC1CCN(CC(F)(F)F)CC1. The van der Waals surface area contributed by atoms with Gasteiger partial charge >= 0.3 is 6.18 Å². The number of anilines is 2. The number of benzene rings is 1. The van der Waals surface area contributed by atoms with Crippen LogP contribution in [0.2, 0.25) is 18.1 Å². The van der Waals surface area contributed by atoms with E-state index in [1.165, 1.54) is 4.90 Å². The van der Waals surface area contributed by atoms with Gasteiger partial charge in [0, 0.05) is 55.7 Å². The molecule has 0 radical (unpaired) electrons. The highest BCUT2D eigenvalue weighted by atomic mass is 28.4. The molecule has 0 spiro atoms. The molecular weight excluding hydrogens is 680 g/mol. The minimum Gasteiger partial charge on any atom is -0.416 e. The van der Waals surface area contributed by atoms with Crippen LogP contribution >= 0.6 is 0 Å². The van der Waals surface area contributed by atoms with Gasteiger partial charge in [-0.05, 0) is 92.5 Å². The van der Waals surface area contributed by atoms with Gasteiger partial charge in [-0.25, -0.2) is 9.97 Å². The molecule has 8 nitrogen and oxygen atoms in total. The third kappa shape index (κ3) is 10.5. The van der Waals surface area contributed by atoms with E-state index in [4.69, 9.17) is 9.41 Å². The summed E-state index contributed by atoms with van der Waals surface area (Å²) in [6.07, 6.45) is 2.49. The number of likely N-dealkylation sites (tertiary alicyclic amines) is 1. The van der Waals surface area contributed by atoms with Crippen LogP contribution in [0.4, 0.5) is 24.8 Å². The van der Waals surface area contributed by atoms with Crippen LogP contribution in [0.5, 0.6) is 0 Å². The van der Waals surface area contributed by atoms with E-state index in [9.17, 15) is 18.4 Å². The molecule has 3 heterocycles. The quantitative estimate of drug-likeness (QED) is 0.113. The van der Waals surface area contributed by atoms with E-state index in [2.05, 4.69) is 99.6 Å². The molecule has 0 unspecified atom stereocenters. The highest BCUT2D eigenvalue weighted by molar-refractivity contribution is 6.74. The zero-order valence-electron chi connectivity index (χ0n) is 32.6. The number of nitrogens with one attached hydrogen (secondary N) is 2. The molecule has 1 aromatic heterocycles. The van der Waals surface area contributed by atoms with Crippen molar-refractivity contribution in [3.63, 3.8) is 0 Å². The van der Waals surface area contributed by atoms with Crippen LogP contribution in [0.15, 0.2) is 54.2 Å². The van der Waals surface area contributed by atoms with Crippen LogP contribution < -0.4 is 10.6 Å². The highest BCUT2D eigenvalue weighted by Crippen LogP contribution is 2.44. The van der Waals surface area contributed by atoms with E-state index in [0.29, 0.717) is 62.2 Å². The number of fused-ring (bicyclic) bond motifs is 1. The van der Waals surface area contributed by atoms with Gasteiger partial charge in [0.1, 0.15) is 6.07 Å². The Kier molecular flexibility index (Phi) is 13.1. The number of alkyl halides is 3. The van der Waals surface area contributed by atoms with E-state index in [0.717, 1.165) is 47.6 Å². The molecule has 0 amide bonds. The molecule has 2 aliphatic rings. The van der Waals surface area contributed by atoms with Crippen LogP contribution in [-0.4, -0.2) is 80.6 Å². The molecule has 0 saturated carbocycles. The number of piperidine rings is 1. The predicted octanol–water partition coefficient (Wildman–Crippen LogP) is 9.33. The lowest BCUT2D eigenvalue weighted by Crippen LogP contribution is -2.45. The first-order valence-electron chi connectivity index (χ1n) is 18.4. The number of halogens is 3. The Morgan fingerprint density at radius 2 is 1.94 bits per heavy atom. The highest BCUT2D eigenvalue weighted by Gasteiger charge is 2.42. The van der Waals surface area contributed by atoms with Gasteiger partial charge in [0.15, 0.2) is 8.32 Å². The number of aromatic nitrogens is 2. The fourth-order valence-corrected chi connectivity index (χ4v) is 7.75. The summed E-state index contributed by atoms with van der Waals surface area (Å²) < 4.78 is 45.6. The molecule has 2 aromatic rings. The molecule has 1 saturated heterocycles. The monoisotopic (exact) mass is 737 g/mol. The third-order valence-corrected chi connectivity index (χ3v) is 15.4. The average Bonchev–Trinajstić information content (AvgIpc) is 3.39. The number of rotatable bonds is 14. The summed E-state index contributed by atoms with van der Waals surface area (Å²) in [6.45, 7) is 23.6. The summed E-state index contributed by atoms with van der Waals surface area (Å²) in [6, 6.07) is 8.24. The third-order valence-electron chi connectivity index (χ3n) is 10.9. The summed E-state index contributed by atoms with van der Waals surface area (Å²) in [5.74, 6) is 1.14. The van der Waals surface area contributed by atoms with Crippen molar-refractivity contribution in [3.8, 4) is 17.3 Å². The van der Waals surface area contributed by atoms with Crippen molar-refractivity contribution in [2.45, 2.75) is 96.9 Å². The van der Waals surface area contributed by atoms with Crippen molar-refractivity contribution >= 4 is 20.0 Å². The van der Waals surface area contributed by atoms with Gasteiger partial charge in [0.05, 0.1) is 29.2 Å². The lowest BCUT2D eigenvalue weighted by molar-refractivity contribution is -0.148. The van der Waals surface area contributed by atoms with Crippen LogP contribution in [0.3, 0.4) is 0 Å². The molecule has 2 N–H and O–H groups in total. The second kappa shape index (κ2) is 16.6.